The van der Waals surface area contributed by atoms with Crippen molar-refractivity contribution in [2.45, 2.75) is 51.2 Å². The lowest BCUT2D eigenvalue weighted by Crippen LogP contribution is -2.47. The Hall–Kier alpha value is -1.89. The lowest BCUT2D eigenvalue weighted by Gasteiger charge is -2.39. The molecule has 4 atom stereocenters. The van der Waals surface area contributed by atoms with Crippen LogP contribution in [0.3, 0.4) is 0 Å². The summed E-state index contributed by atoms with van der Waals surface area (Å²) in [5, 5.41) is 13.2. The normalized spacial score (nSPS) is 30.2. The number of methoxy groups -OCH3 is 1. The molecule has 24 heavy (non-hydrogen) atoms. The summed E-state index contributed by atoms with van der Waals surface area (Å²) in [6, 6.07) is -0.0770. The number of carbonyl (C=O) groups is 1. The molecule has 1 saturated carbocycles. The predicted molar refractivity (Wildman–Crippen MR) is 89.8 cm³/mol. The van der Waals surface area contributed by atoms with E-state index in [2.05, 4.69) is 22.2 Å². The van der Waals surface area contributed by atoms with Gasteiger partial charge in [0.2, 0.25) is 5.88 Å². The number of likely N-dealkylation sites (tertiary alicyclic amines) is 1. The molecule has 1 aromatic heterocycles. The number of hydrogen-bond acceptors (Lipinski definition) is 5. The lowest BCUT2D eigenvalue weighted by molar-refractivity contribution is 0.0165. The van der Waals surface area contributed by atoms with Crippen LogP contribution in [-0.2, 0) is 0 Å². The van der Waals surface area contributed by atoms with Gasteiger partial charge in [-0.1, -0.05) is 6.92 Å². The summed E-state index contributed by atoms with van der Waals surface area (Å²) < 4.78 is 5.03. The molecule has 2 heterocycles. The molecule has 132 valence electrons. The number of amides is 2. The minimum atomic E-state index is -0.309. The Labute approximate surface area is 142 Å². The van der Waals surface area contributed by atoms with Crippen molar-refractivity contribution in [2.75, 3.05) is 19.0 Å². The maximum absolute atomic E-state index is 12.7. The molecule has 0 aromatic carbocycles. The highest BCUT2D eigenvalue weighted by Crippen LogP contribution is 2.37. The summed E-state index contributed by atoms with van der Waals surface area (Å²) >= 11 is 0. The fourth-order valence-electron chi connectivity index (χ4n) is 4.00. The Morgan fingerprint density at radius 3 is 3.00 bits per heavy atom. The molecule has 4 unspecified atom stereocenters. The van der Waals surface area contributed by atoms with Gasteiger partial charge in [-0.3, -0.25) is 10.3 Å². The molecule has 1 saturated heterocycles. The van der Waals surface area contributed by atoms with Crippen LogP contribution in [0, 0.1) is 11.8 Å². The lowest BCUT2D eigenvalue weighted by atomic mass is 9.76. The average Bonchev–Trinajstić information content (AvgIpc) is 3.07. The van der Waals surface area contributed by atoms with Crippen molar-refractivity contribution < 1.29 is 14.6 Å². The molecule has 1 aliphatic carbocycles. The average molecular weight is 334 g/mol. The van der Waals surface area contributed by atoms with Crippen LogP contribution in [0.2, 0.25) is 0 Å². The van der Waals surface area contributed by atoms with Crippen molar-refractivity contribution in [3.63, 3.8) is 0 Å². The number of urea groups is 1. The van der Waals surface area contributed by atoms with Gasteiger partial charge in [0.25, 0.3) is 0 Å². The third kappa shape index (κ3) is 3.61. The summed E-state index contributed by atoms with van der Waals surface area (Å²) in [6.07, 6.45) is 7.49. The first-order valence-electron chi connectivity index (χ1n) is 8.70. The second-order valence-corrected chi connectivity index (χ2v) is 6.93. The van der Waals surface area contributed by atoms with E-state index < -0.39 is 0 Å². The zero-order valence-corrected chi connectivity index (χ0v) is 14.3. The number of carbonyl (C=O) groups excluding carboxylic acids is 1. The Kier molecular flexibility index (Phi) is 5.18. The van der Waals surface area contributed by atoms with Gasteiger partial charge in [-0.15, -0.1) is 0 Å². The minimum absolute atomic E-state index is 0.0984. The largest absolute Gasteiger partial charge is 0.480 e. The minimum Gasteiger partial charge on any atom is -0.480 e. The van der Waals surface area contributed by atoms with Gasteiger partial charge >= 0.3 is 6.03 Å². The Morgan fingerprint density at radius 1 is 1.38 bits per heavy atom. The Balaban J connectivity index is 1.69. The van der Waals surface area contributed by atoms with Crippen molar-refractivity contribution in [1.29, 1.82) is 0 Å². The van der Waals surface area contributed by atoms with Crippen LogP contribution in [0.15, 0.2) is 12.4 Å². The Bertz CT molecular complexity index is 583. The smallest absolute Gasteiger partial charge is 0.323 e. The molecule has 3 rings (SSSR count). The molecule has 1 aromatic rings. The number of nitrogens with zero attached hydrogens (tertiary/aromatic N) is 3. The van der Waals surface area contributed by atoms with Gasteiger partial charge in [0.15, 0.2) is 5.82 Å². The third-order valence-electron chi connectivity index (χ3n) is 5.23. The predicted octanol–water partition coefficient (Wildman–Crippen LogP) is 2.28. The summed E-state index contributed by atoms with van der Waals surface area (Å²) in [5.41, 5.74) is 0. The number of ether oxygens (including phenoxy) is 1. The molecular formula is C17H26N4O3. The molecule has 2 aliphatic rings. The highest BCUT2D eigenvalue weighted by Gasteiger charge is 2.40. The number of nitrogens with one attached hydrogen (secondary N) is 1. The maximum Gasteiger partial charge on any atom is 0.323 e. The van der Waals surface area contributed by atoms with Gasteiger partial charge in [0, 0.05) is 18.5 Å². The first-order valence-corrected chi connectivity index (χ1v) is 8.70. The van der Waals surface area contributed by atoms with Gasteiger partial charge in [-0.25, -0.2) is 4.79 Å². The molecule has 0 bridgehead atoms. The topological polar surface area (TPSA) is 87.6 Å². The fraction of sp³-hybridized carbons (Fsp3) is 0.706. The molecule has 0 radical (unpaired) electrons. The van der Waals surface area contributed by atoms with Gasteiger partial charge in [0.05, 0.1) is 25.6 Å². The standard InChI is InChI=1S/C17H26N4O3/c1-11-5-6-14(22)12(8-11)13-4-3-7-21(13)17(23)20-15-9-18-10-16(19-15)24-2/h9-14,22H,3-8H2,1-2H3,(H,19,20,23). The van der Waals surface area contributed by atoms with Crippen LogP contribution >= 0.6 is 0 Å². The Morgan fingerprint density at radius 2 is 2.21 bits per heavy atom. The highest BCUT2D eigenvalue weighted by molar-refractivity contribution is 5.88. The zero-order valence-electron chi connectivity index (χ0n) is 14.3. The molecular weight excluding hydrogens is 308 g/mol. The third-order valence-corrected chi connectivity index (χ3v) is 5.23. The summed E-state index contributed by atoms with van der Waals surface area (Å²) in [5.74, 6) is 1.51. The second kappa shape index (κ2) is 7.34. The van der Waals surface area contributed by atoms with Crippen molar-refractivity contribution in [3.05, 3.63) is 12.4 Å². The summed E-state index contributed by atoms with van der Waals surface area (Å²) in [4.78, 5) is 22.7. The van der Waals surface area contributed by atoms with E-state index in [1.807, 2.05) is 4.90 Å². The number of anilines is 1. The van der Waals surface area contributed by atoms with E-state index in [0.29, 0.717) is 24.2 Å². The quantitative estimate of drug-likeness (QED) is 0.885. The number of aliphatic hydroxyl groups excluding tert-OH is 1. The van der Waals surface area contributed by atoms with Gasteiger partial charge < -0.3 is 14.7 Å². The van der Waals surface area contributed by atoms with E-state index in [1.165, 1.54) is 19.5 Å². The van der Waals surface area contributed by atoms with Gasteiger partial charge in [-0.2, -0.15) is 4.98 Å². The van der Waals surface area contributed by atoms with E-state index in [-0.39, 0.29) is 24.1 Å². The van der Waals surface area contributed by atoms with Crippen LogP contribution in [0.4, 0.5) is 10.6 Å². The van der Waals surface area contributed by atoms with Crippen LogP contribution in [0.1, 0.15) is 39.0 Å². The second-order valence-electron chi connectivity index (χ2n) is 6.93. The molecule has 7 heteroatoms. The number of hydrogen-bond donors (Lipinski definition) is 2. The van der Waals surface area contributed by atoms with Gasteiger partial charge in [-0.05, 0) is 38.0 Å². The molecule has 2 N–H and O–H groups in total. The monoisotopic (exact) mass is 334 g/mol. The molecule has 2 fully saturated rings. The fourth-order valence-corrected chi connectivity index (χ4v) is 4.00. The number of rotatable bonds is 3. The summed E-state index contributed by atoms with van der Waals surface area (Å²) in [7, 11) is 1.51. The maximum atomic E-state index is 12.7. The molecule has 0 spiro atoms. The van der Waals surface area contributed by atoms with E-state index in [0.717, 1.165) is 32.1 Å². The van der Waals surface area contributed by atoms with Crippen molar-refractivity contribution >= 4 is 11.8 Å². The summed E-state index contributed by atoms with van der Waals surface area (Å²) in [6.45, 7) is 2.94. The number of aromatic nitrogens is 2. The first-order chi connectivity index (χ1) is 11.6. The SMILES string of the molecule is COc1cncc(NC(=O)N2CCCC2C2CC(C)CCC2O)n1. The van der Waals surface area contributed by atoms with E-state index in [4.69, 9.17) is 4.74 Å². The molecule has 1 aliphatic heterocycles. The number of aliphatic hydroxyl groups is 1. The van der Waals surface area contributed by atoms with Crippen LogP contribution in [0.5, 0.6) is 5.88 Å². The van der Waals surface area contributed by atoms with Crippen LogP contribution < -0.4 is 10.1 Å². The van der Waals surface area contributed by atoms with Gasteiger partial charge in [0.1, 0.15) is 0 Å². The van der Waals surface area contributed by atoms with E-state index in [1.54, 1.807) is 0 Å². The highest BCUT2D eigenvalue weighted by atomic mass is 16.5. The van der Waals surface area contributed by atoms with Crippen molar-refractivity contribution in [3.8, 4) is 5.88 Å². The van der Waals surface area contributed by atoms with Crippen molar-refractivity contribution in [1.82, 2.24) is 14.9 Å². The first kappa shape index (κ1) is 17.0. The zero-order chi connectivity index (χ0) is 17.1. The van der Waals surface area contributed by atoms with Crippen LogP contribution in [0.25, 0.3) is 0 Å². The van der Waals surface area contributed by atoms with E-state index >= 15 is 0 Å². The molecule has 7 nitrogen and oxygen atoms in total. The van der Waals surface area contributed by atoms with Crippen molar-refractivity contribution in [2.24, 2.45) is 11.8 Å². The van der Waals surface area contributed by atoms with E-state index in [9.17, 15) is 9.90 Å². The molecule has 2 amide bonds. The van der Waals surface area contributed by atoms with Crippen LogP contribution in [-0.4, -0.2) is 51.8 Å².